The number of hydrogen-bond acceptors (Lipinski definition) is 4. The molecule has 0 aliphatic rings. The Morgan fingerprint density at radius 3 is 2.95 bits per heavy atom. The van der Waals surface area contributed by atoms with Crippen molar-refractivity contribution < 1.29 is 14.7 Å². The minimum Gasteiger partial charge on any atom is -0.481 e. The molecule has 2 aromatic rings. The standard InChI is InChI=1S/C12H12ClN3O3S/c1-6(4-10(17)18)14-11(19)16-12-15-8-3-2-7(13)5-9(8)20-12/h2-3,5-6H,4H2,1H3,(H,17,18)(H2,14,15,16,19). The van der Waals surface area contributed by atoms with E-state index in [1.807, 2.05) is 0 Å². The highest BCUT2D eigenvalue weighted by atomic mass is 35.5. The lowest BCUT2D eigenvalue weighted by Crippen LogP contribution is -2.37. The molecule has 0 saturated heterocycles. The van der Waals surface area contributed by atoms with Gasteiger partial charge in [-0.05, 0) is 25.1 Å². The van der Waals surface area contributed by atoms with Crippen molar-refractivity contribution >= 4 is 50.3 Å². The van der Waals surface area contributed by atoms with Gasteiger partial charge in [0.2, 0.25) is 0 Å². The van der Waals surface area contributed by atoms with Crippen molar-refractivity contribution in [1.29, 1.82) is 0 Å². The van der Waals surface area contributed by atoms with E-state index in [2.05, 4.69) is 15.6 Å². The number of carboxylic acids is 1. The van der Waals surface area contributed by atoms with Crippen LogP contribution in [0.5, 0.6) is 0 Å². The fourth-order valence-electron chi connectivity index (χ4n) is 1.62. The van der Waals surface area contributed by atoms with Gasteiger partial charge in [-0.2, -0.15) is 0 Å². The predicted octanol–water partition coefficient (Wildman–Crippen LogP) is 2.93. The lowest BCUT2D eigenvalue weighted by molar-refractivity contribution is -0.137. The molecule has 2 amide bonds. The third kappa shape index (κ3) is 3.82. The number of nitrogens with zero attached hydrogens (tertiary/aromatic N) is 1. The second kappa shape index (κ2) is 6.06. The van der Waals surface area contributed by atoms with Gasteiger partial charge in [0, 0.05) is 11.1 Å². The number of halogens is 1. The average Bonchev–Trinajstić information content (AvgIpc) is 2.68. The first-order valence-electron chi connectivity index (χ1n) is 5.79. The molecule has 2 rings (SSSR count). The number of carbonyl (C=O) groups excluding carboxylic acids is 1. The molecule has 106 valence electrons. The Kier molecular flexibility index (Phi) is 4.41. The summed E-state index contributed by atoms with van der Waals surface area (Å²) in [6.45, 7) is 1.62. The third-order valence-electron chi connectivity index (χ3n) is 2.43. The van der Waals surface area contributed by atoms with E-state index >= 15 is 0 Å². The summed E-state index contributed by atoms with van der Waals surface area (Å²) in [5.41, 5.74) is 0.744. The molecule has 1 aromatic carbocycles. The second-order valence-corrected chi connectivity index (χ2v) is 5.70. The molecule has 1 unspecified atom stereocenters. The molecule has 0 spiro atoms. The maximum absolute atomic E-state index is 11.7. The van der Waals surface area contributed by atoms with Gasteiger partial charge in [0.05, 0.1) is 16.6 Å². The fraction of sp³-hybridized carbons (Fsp3) is 0.250. The molecule has 1 atom stereocenters. The van der Waals surface area contributed by atoms with Gasteiger partial charge in [-0.25, -0.2) is 9.78 Å². The van der Waals surface area contributed by atoms with Crippen LogP contribution in [0.25, 0.3) is 10.2 Å². The molecule has 0 radical (unpaired) electrons. The van der Waals surface area contributed by atoms with Crippen LogP contribution in [0, 0.1) is 0 Å². The van der Waals surface area contributed by atoms with Crippen molar-refractivity contribution in [3.8, 4) is 0 Å². The molecule has 0 saturated carbocycles. The molecule has 0 fully saturated rings. The number of aromatic nitrogens is 1. The van der Waals surface area contributed by atoms with Gasteiger partial charge in [0.25, 0.3) is 0 Å². The van der Waals surface area contributed by atoms with Crippen molar-refractivity contribution in [3.63, 3.8) is 0 Å². The van der Waals surface area contributed by atoms with E-state index in [1.54, 1.807) is 25.1 Å². The van der Waals surface area contributed by atoms with E-state index in [4.69, 9.17) is 16.7 Å². The summed E-state index contributed by atoms with van der Waals surface area (Å²) >= 11 is 7.17. The van der Waals surface area contributed by atoms with Crippen molar-refractivity contribution in [2.45, 2.75) is 19.4 Å². The summed E-state index contributed by atoms with van der Waals surface area (Å²) < 4.78 is 0.867. The number of hydrogen-bond donors (Lipinski definition) is 3. The Balaban J connectivity index is 2.00. The van der Waals surface area contributed by atoms with Crippen LogP contribution >= 0.6 is 22.9 Å². The molecule has 0 aliphatic heterocycles. The normalized spacial score (nSPS) is 12.1. The largest absolute Gasteiger partial charge is 0.481 e. The van der Waals surface area contributed by atoms with Gasteiger partial charge in [-0.1, -0.05) is 22.9 Å². The molecule has 20 heavy (non-hydrogen) atoms. The van der Waals surface area contributed by atoms with E-state index < -0.39 is 18.0 Å². The number of fused-ring (bicyclic) bond motifs is 1. The summed E-state index contributed by atoms with van der Waals surface area (Å²) in [6.07, 6.45) is -0.136. The van der Waals surface area contributed by atoms with Crippen LogP contribution in [-0.4, -0.2) is 28.1 Å². The van der Waals surface area contributed by atoms with E-state index in [1.165, 1.54) is 11.3 Å². The monoisotopic (exact) mass is 313 g/mol. The van der Waals surface area contributed by atoms with Crippen LogP contribution in [0.2, 0.25) is 5.02 Å². The van der Waals surface area contributed by atoms with Crippen LogP contribution in [0.3, 0.4) is 0 Å². The van der Waals surface area contributed by atoms with E-state index in [0.717, 1.165) is 10.2 Å². The Labute approximate surface area is 123 Å². The number of carboxylic acid groups (broad SMARTS) is 1. The Hall–Kier alpha value is -1.86. The SMILES string of the molecule is CC(CC(=O)O)NC(=O)Nc1nc2ccc(Cl)cc2s1. The smallest absolute Gasteiger partial charge is 0.321 e. The Morgan fingerprint density at radius 2 is 2.25 bits per heavy atom. The predicted molar refractivity (Wildman–Crippen MR) is 78.5 cm³/mol. The van der Waals surface area contributed by atoms with Crippen LogP contribution in [-0.2, 0) is 4.79 Å². The van der Waals surface area contributed by atoms with Gasteiger partial charge in [0.15, 0.2) is 5.13 Å². The summed E-state index contributed by atoms with van der Waals surface area (Å²) in [4.78, 5) is 26.4. The lowest BCUT2D eigenvalue weighted by Gasteiger charge is -2.10. The first-order valence-corrected chi connectivity index (χ1v) is 6.99. The first kappa shape index (κ1) is 14.5. The van der Waals surface area contributed by atoms with Crippen molar-refractivity contribution in [2.24, 2.45) is 0 Å². The number of amides is 2. The van der Waals surface area contributed by atoms with Gasteiger partial charge in [-0.3, -0.25) is 10.1 Å². The highest BCUT2D eigenvalue weighted by Gasteiger charge is 2.12. The summed E-state index contributed by atoms with van der Waals surface area (Å²) in [5.74, 6) is -0.965. The van der Waals surface area contributed by atoms with Crippen LogP contribution in [0.1, 0.15) is 13.3 Å². The van der Waals surface area contributed by atoms with E-state index in [-0.39, 0.29) is 6.42 Å². The Bertz CT molecular complexity index is 658. The molecular weight excluding hydrogens is 302 g/mol. The molecular formula is C12H12ClN3O3S. The number of carbonyl (C=O) groups is 2. The highest BCUT2D eigenvalue weighted by molar-refractivity contribution is 7.22. The van der Waals surface area contributed by atoms with Crippen molar-refractivity contribution in [1.82, 2.24) is 10.3 Å². The number of aliphatic carboxylic acids is 1. The van der Waals surface area contributed by atoms with Crippen LogP contribution in [0.4, 0.5) is 9.93 Å². The van der Waals surface area contributed by atoms with Crippen LogP contribution < -0.4 is 10.6 Å². The summed E-state index contributed by atoms with van der Waals surface area (Å²) in [5, 5.41) is 14.8. The van der Waals surface area contributed by atoms with Gasteiger partial charge < -0.3 is 10.4 Å². The average molecular weight is 314 g/mol. The highest BCUT2D eigenvalue weighted by Crippen LogP contribution is 2.28. The van der Waals surface area contributed by atoms with Crippen LogP contribution in [0.15, 0.2) is 18.2 Å². The number of rotatable bonds is 4. The molecule has 1 aromatic heterocycles. The van der Waals surface area contributed by atoms with Crippen molar-refractivity contribution in [3.05, 3.63) is 23.2 Å². The van der Waals surface area contributed by atoms with Gasteiger partial charge in [-0.15, -0.1) is 0 Å². The number of anilines is 1. The lowest BCUT2D eigenvalue weighted by atomic mass is 10.2. The maximum Gasteiger partial charge on any atom is 0.321 e. The number of urea groups is 1. The molecule has 6 nitrogen and oxygen atoms in total. The van der Waals surface area contributed by atoms with E-state index in [9.17, 15) is 9.59 Å². The molecule has 0 bridgehead atoms. The van der Waals surface area contributed by atoms with E-state index in [0.29, 0.717) is 10.2 Å². The van der Waals surface area contributed by atoms with Gasteiger partial charge in [0.1, 0.15) is 0 Å². The maximum atomic E-state index is 11.7. The third-order valence-corrected chi connectivity index (χ3v) is 3.60. The summed E-state index contributed by atoms with van der Waals surface area (Å²) in [6, 6.07) is 4.32. The van der Waals surface area contributed by atoms with Crippen molar-refractivity contribution in [2.75, 3.05) is 5.32 Å². The molecule has 3 N–H and O–H groups in total. The minimum absolute atomic E-state index is 0.136. The zero-order chi connectivity index (χ0) is 14.7. The zero-order valence-electron chi connectivity index (χ0n) is 10.5. The quantitative estimate of drug-likeness (QED) is 0.809. The Morgan fingerprint density at radius 1 is 1.50 bits per heavy atom. The minimum atomic E-state index is -0.965. The molecule has 8 heteroatoms. The number of benzene rings is 1. The van der Waals surface area contributed by atoms with Gasteiger partial charge >= 0.3 is 12.0 Å². The second-order valence-electron chi connectivity index (χ2n) is 4.23. The summed E-state index contributed by atoms with van der Waals surface area (Å²) in [7, 11) is 0. The topological polar surface area (TPSA) is 91.3 Å². The zero-order valence-corrected chi connectivity index (χ0v) is 12.1. The first-order chi connectivity index (χ1) is 9.44. The molecule has 0 aliphatic carbocycles. The number of nitrogens with one attached hydrogen (secondary N) is 2. The molecule has 1 heterocycles. The number of thiazole rings is 1. The fourth-order valence-corrected chi connectivity index (χ4v) is 2.76.